The van der Waals surface area contributed by atoms with Crippen LogP contribution in [-0.2, 0) is 16.0 Å². The molecule has 23 heavy (non-hydrogen) atoms. The van der Waals surface area contributed by atoms with Crippen molar-refractivity contribution < 1.29 is 14.3 Å². The van der Waals surface area contributed by atoms with E-state index in [0.717, 1.165) is 12.1 Å². The average molecular weight is 341 g/mol. The Balaban J connectivity index is 2.03. The van der Waals surface area contributed by atoms with Gasteiger partial charge in [0.25, 0.3) is 0 Å². The first-order valence-electron chi connectivity index (χ1n) is 7.95. The smallest absolute Gasteiger partial charge is 0.227 e. The van der Waals surface area contributed by atoms with Gasteiger partial charge in [-0.25, -0.2) is 0 Å². The lowest BCUT2D eigenvalue weighted by molar-refractivity contribution is -0.138. The molecule has 1 aliphatic heterocycles. The van der Waals surface area contributed by atoms with E-state index in [-0.39, 0.29) is 12.0 Å². The lowest BCUT2D eigenvalue weighted by atomic mass is 10.1. The summed E-state index contributed by atoms with van der Waals surface area (Å²) in [5.74, 6) is 0.698. The van der Waals surface area contributed by atoms with E-state index < -0.39 is 0 Å². The quantitative estimate of drug-likeness (QED) is 0.795. The van der Waals surface area contributed by atoms with Crippen LogP contribution in [0.4, 0.5) is 0 Å². The van der Waals surface area contributed by atoms with E-state index in [4.69, 9.17) is 21.1 Å². The van der Waals surface area contributed by atoms with Gasteiger partial charge in [0.2, 0.25) is 5.91 Å². The molecule has 5 nitrogen and oxygen atoms in total. The summed E-state index contributed by atoms with van der Waals surface area (Å²) < 4.78 is 11.3. The van der Waals surface area contributed by atoms with Gasteiger partial charge in [-0.15, -0.1) is 0 Å². The van der Waals surface area contributed by atoms with E-state index in [0.29, 0.717) is 43.5 Å². The standard InChI is InChI=1S/C17H25ClN2O3/c1-4-22-17-13(6-5-7-15(17)18)10-16(21)20-8-9-23-14(12-20)11-19(2)3/h5-7,14H,4,8-12H2,1-3H3/t14-/m0/s1. The van der Waals surface area contributed by atoms with Gasteiger partial charge in [0.1, 0.15) is 5.75 Å². The minimum atomic E-state index is 0.0634. The molecule has 0 aromatic heterocycles. The van der Waals surface area contributed by atoms with Crippen molar-refractivity contribution in [3.05, 3.63) is 28.8 Å². The molecule has 1 aromatic rings. The second-order valence-corrected chi connectivity index (χ2v) is 6.34. The van der Waals surface area contributed by atoms with E-state index in [2.05, 4.69) is 4.90 Å². The number of halogens is 1. The summed E-state index contributed by atoms with van der Waals surface area (Å²) >= 11 is 6.18. The highest BCUT2D eigenvalue weighted by Gasteiger charge is 2.25. The van der Waals surface area contributed by atoms with Crippen molar-refractivity contribution in [2.75, 3.05) is 46.9 Å². The fourth-order valence-electron chi connectivity index (χ4n) is 2.74. The van der Waals surface area contributed by atoms with Crippen LogP contribution in [0.2, 0.25) is 5.02 Å². The molecule has 0 bridgehead atoms. The van der Waals surface area contributed by atoms with Crippen molar-refractivity contribution in [1.29, 1.82) is 0 Å². The Bertz CT molecular complexity index is 537. The van der Waals surface area contributed by atoms with Crippen molar-refractivity contribution in [2.24, 2.45) is 0 Å². The van der Waals surface area contributed by atoms with Crippen LogP contribution in [0.3, 0.4) is 0 Å². The molecule has 1 amide bonds. The number of carbonyl (C=O) groups is 1. The lowest BCUT2D eigenvalue weighted by Gasteiger charge is -2.34. The Labute approximate surface area is 143 Å². The molecule has 128 valence electrons. The SMILES string of the molecule is CCOc1c(Cl)cccc1CC(=O)N1CCO[C@@H](CN(C)C)C1. The highest BCUT2D eigenvalue weighted by Crippen LogP contribution is 2.29. The first kappa shape index (κ1) is 18.0. The van der Waals surface area contributed by atoms with Crippen molar-refractivity contribution in [1.82, 2.24) is 9.80 Å². The Morgan fingerprint density at radius 3 is 2.96 bits per heavy atom. The van der Waals surface area contributed by atoms with Gasteiger partial charge in [0.15, 0.2) is 0 Å². The zero-order valence-corrected chi connectivity index (χ0v) is 14.8. The summed E-state index contributed by atoms with van der Waals surface area (Å²) in [6, 6.07) is 5.52. The number of para-hydroxylation sites is 1. The Morgan fingerprint density at radius 2 is 2.26 bits per heavy atom. The number of amides is 1. The zero-order chi connectivity index (χ0) is 16.8. The molecule has 1 fully saturated rings. The molecule has 1 heterocycles. The maximum Gasteiger partial charge on any atom is 0.227 e. The van der Waals surface area contributed by atoms with Crippen LogP contribution in [0.1, 0.15) is 12.5 Å². The van der Waals surface area contributed by atoms with E-state index >= 15 is 0 Å². The predicted molar refractivity (Wildman–Crippen MR) is 91.2 cm³/mol. The molecule has 2 rings (SSSR count). The largest absolute Gasteiger partial charge is 0.492 e. The number of likely N-dealkylation sites (N-methyl/N-ethyl adjacent to an activating group) is 1. The second-order valence-electron chi connectivity index (χ2n) is 5.93. The maximum absolute atomic E-state index is 12.6. The predicted octanol–water partition coefficient (Wildman–Crippen LogP) is 2.07. The highest BCUT2D eigenvalue weighted by molar-refractivity contribution is 6.32. The first-order chi connectivity index (χ1) is 11.0. The molecular weight excluding hydrogens is 316 g/mol. The third-order valence-electron chi connectivity index (χ3n) is 3.74. The van der Waals surface area contributed by atoms with Gasteiger partial charge in [0.05, 0.1) is 30.8 Å². The normalized spacial score (nSPS) is 18.3. The topological polar surface area (TPSA) is 42.0 Å². The molecule has 0 unspecified atom stereocenters. The number of hydrogen-bond acceptors (Lipinski definition) is 4. The number of carbonyl (C=O) groups excluding carboxylic acids is 1. The van der Waals surface area contributed by atoms with Crippen LogP contribution in [0.5, 0.6) is 5.75 Å². The molecule has 6 heteroatoms. The maximum atomic E-state index is 12.6. The van der Waals surface area contributed by atoms with E-state index in [1.54, 1.807) is 6.07 Å². The van der Waals surface area contributed by atoms with Gasteiger partial charge in [-0.1, -0.05) is 23.7 Å². The first-order valence-corrected chi connectivity index (χ1v) is 8.33. The molecule has 1 aromatic carbocycles. The number of benzene rings is 1. The molecule has 0 saturated carbocycles. The molecule has 1 saturated heterocycles. The van der Waals surface area contributed by atoms with Crippen LogP contribution >= 0.6 is 11.6 Å². The van der Waals surface area contributed by atoms with Crippen molar-refractivity contribution in [3.8, 4) is 5.75 Å². The summed E-state index contributed by atoms with van der Waals surface area (Å²) in [6.07, 6.45) is 0.360. The van der Waals surface area contributed by atoms with Crippen LogP contribution in [0, 0.1) is 0 Å². The van der Waals surface area contributed by atoms with Gasteiger partial charge in [-0.2, -0.15) is 0 Å². The summed E-state index contributed by atoms with van der Waals surface area (Å²) in [6.45, 7) is 5.08. The third kappa shape index (κ3) is 5.09. The minimum absolute atomic E-state index is 0.0634. The number of nitrogens with zero attached hydrogens (tertiary/aromatic N) is 2. The van der Waals surface area contributed by atoms with Crippen molar-refractivity contribution >= 4 is 17.5 Å². The summed E-state index contributed by atoms with van der Waals surface area (Å²) in [5, 5.41) is 0.546. The molecule has 0 N–H and O–H groups in total. The molecule has 0 radical (unpaired) electrons. The number of rotatable bonds is 6. The second kappa shape index (κ2) is 8.52. The number of morpholine rings is 1. The van der Waals surface area contributed by atoms with Crippen LogP contribution in [0.15, 0.2) is 18.2 Å². The summed E-state index contributed by atoms with van der Waals surface area (Å²) in [4.78, 5) is 16.6. The molecular formula is C17H25ClN2O3. The number of ether oxygens (including phenoxy) is 2. The summed E-state index contributed by atoms with van der Waals surface area (Å²) in [7, 11) is 4.01. The minimum Gasteiger partial charge on any atom is -0.492 e. The van der Waals surface area contributed by atoms with Crippen molar-refractivity contribution in [2.45, 2.75) is 19.4 Å². The van der Waals surface area contributed by atoms with Crippen LogP contribution in [0.25, 0.3) is 0 Å². The van der Waals surface area contributed by atoms with E-state index in [9.17, 15) is 4.79 Å². The monoisotopic (exact) mass is 340 g/mol. The van der Waals surface area contributed by atoms with Gasteiger partial charge in [-0.3, -0.25) is 4.79 Å². The fourth-order valence-corrected chi connectivity index (χ4v) is 2.99. The third-order valence-corrected chi connectivity index (χ3v) is 4.04. The molecule has 1 atom stereocenters. The fraction of sp³-hybridized carbons (Fsp3) is 0.588. The van der Waals surface area contributed by atoms with Crippen LogP contribution < -0.4 is 4.74 Å². The Hall–Kier alpha value is -1.30. The van der Waals surface area contributed by atoms with Gasteiger partial charge < -0.3 is 19.3 Å². The lowest BCUT2D eigenvalue weighted by Crippen LogP contribution is -2.49. The Morgan fingerprint density at radius 1 is 1.48 bits per heavy atom. The highest BCUT2D eigenvalue weighted by atomic mass is 35.5. The molecule has 0 spiro atoms. The average Bonchev–Trinajstić information content (AvgIpc) is 2.50. The number of hydrogen-bond donors (Lipinski definition) is 0. The summed E-state index contributed by atoms with van der Waals surface area (Å²) in [5.41, 5.74) is 0.833. The van der Waals surface area contributed by atoms with Crippen molar-refractivity contribution in [3.63, 3.8) is 0 Å². The van der Waals surface area contributed by atoms with Gasteiger partial charge in [0, 0.05) is 25.2 Å². The molecule has 0 aliphatic carbocycles. The van der Waals surface area contributed by atoms with E-state index in [1.807, 2.05) is 38.1 Å². The van der Waals surface area contributed by atoms with E-state index in [1.165, 1.54) is 0 Å². The van der Waals surface area contributed by atoms with Gasteiger partial charge in [-0.05, 0) is 27.1 Å². The zero-order valence-electron chi connectivity index (χ0n) is 14.0. The van der Waals surface area contributed by atoms with Crippen LogP contribution in [-0.4, -0.2) is 68.8 Å². The van der Waals surface area contributed by atoms with Gasteiger partial charge >= 0.3 is 0 Å². The Kier molecular flexibility index (Phi) is 6.69. The molecule has 1 aliphatic rings.